The molecule has 0 aromatic rings. The van der Waals surface area contributed by atoms with Crippen LogP contribution in [0.4, 0.5) is 0 Å². The van der Waals surface area contributed by atoms with Crippen molar-refractivity contribution in [3.63, 3.8) is 0 Å². The van der Waals surface area contributed by atoms with Crippen LogP contribution < -0.4 is 5.73 Å². The lowest BCUT2D eigenvalue weighted by atomic mass is 9.90. The van der Waals surface area contributed by atoms with Crippen molar-refractivity contribution in [1.29, 1.82) is 0 Å². The number of carbonyl (C=O) groups excluding carboxylic acids is 1. The van der Waals surface area contributed by atoms with Crippen LogP contribution in [0.15, 0.2) is 0 Å². The fourth-order valence-corrected chi connectivity index (χ4v) is 2.47. The summed E-state index contributed by atoms with van der Waals surface area (Å²) in [6, 6.07) is 0. The SMILES string of the molecule is COC(=O)CC1(N)CCC2CC21. The predicted molar refractivity (Wildman–Crippen MR) is 44.4 cm³/mol. The molecule has 0 aromatic carbocycles. The highest BCUT2D eigenvalue weighted by atomic mass is 16.5. The first kappa shape index (κ1) is 8.05. The van der Waals surface area contributed by atoms with Crippen molar-refractivity contribution in [2.24, 2.45) is 17.6 Å². The molecule has 68 valence electrons. The van der Waals surface area contributed by atoms with E-state index in [1.165, 1.54) is 20.0 Å². The molecule has 0 amide bonds. The Balaban J connectivity index is 1.97. The quantitative estimate of drug-likeness (QED) is 0.618. The molecule has 12 heavy (non-hydrogen) atoms. The topological polar surface area (TPSA) is 52.3 Å². The lowest BCUT2D eigenvalue weighted by Crippen LogP contribution is -2.42. The number of carbonyl (C=O) groups is 1. The molecular weight excluding hydrogens is 154 g/mol. The molecule has 0 bridgehead atoms. The molecule has 0 spiro atoms. The van der Waals surface area contributed by atoms with E-state index >= 15 is 0 Å². The highest BCUT2D eigenvalue weighted by molar-refractivity contribution is 5.71. The molecule has 2 fully saturated rings. The van der Waals surface area contributed by atoms with Crippen molar-refractivity contribution >= 4 is 5.97 Å². The Bertz CT molecular complexity index is 217. The third-order valence-electron chi connectivity index (χ3n) is 3.34. The fraction of sp³-hybridized carbons (Fsp3) is 0.889. The van der Waals surface area contributed by atoms with Crippen molar-refractivity contribution in [3.8, 4) is 0 Å². The number of fused-ring (bicyclic) bond motifs is 1. The van der Waals surface area contributed by atoms with Crippen LogP contribution in [0.2, 0.25) is 0 Å². The van der Waals surface area contributed by atoms with Crippen molar-refractivity contribution < 1.29 is 9.53 Å². The van der Waals surface area contributed by atoms with Gasteiger partial charge in [0.1, 0.15) is 0 Å². The van der Waals surface area contributed by atoms with Gasteiger partial charge in [0.2, 0.25) is 0 Å². The maximum atomic E-state index is 11.0. The van der Waals surface area contributed by atoms with Gasteiger partial charge < -0.3 is 10.5 Å². The summed E-state index contributed by atoms with van der Waals surface area (Å²) in [6.07, 6.45) is 3.84. The molecule has 0 saturated heterocycles. The number of nitrogens with two attached hydrogens (primary N) is 1. The molecule has 3 heteroatoms. The standard InChI is InChI=1S/C9H15NO2/c1-12-8(11)5-9(10)3-2-6-4-7(6)9/h6-7H,2-5,10H2,1H3. The number of hydrogen-bond donors (Lipinski definition) is 1. The Hall–Kier alpha value is -0.570. The van der Waals surface area contributed by atoms with Gasteiger partial charge in [0.15, 0.2) is 0 Å². The molecular formula is C9H15NO2. The molecule has 3 unspecified atom stereocenters. The maximum Gasteiger partial charge on any atom is 0.307 e. The van der Waals surface area contributed by atoms with E-state index in [-0.39, 0.29) is 11.5 Å². The highest BCUT2D eigenvalue weighted by Crippen LogP contribution is 2.57. The molecule has 2 rings (SSSR count). The van der Waals surface area contributed by atoms with Gasteiger partial charge in [-0.3, -0.25) is 4.79 Å². The Kier molecular flexibility index (Phi) is 1.65. The summed E-state index contributed by atoms with van der Waals surface area (Å²) >= 11 is 0. The largest absolute Gasteiger partial charge is 0.469 e. The summed E-state index contributed by atoms with van der Waals surface area (Å²) in [5, 5.41) is 0. The minimum absolute atomic E-state index is 0.162. The van der Waals surface area contributed by atoms with Gasteiger partial charge in [0, 0.05) is 5.54 Å². The van der Waals surface area contributed by atoms with Gasteiger partial charge in [-0.15, -0.1) is 0 Å². The number of hydrogen-bond acceptors (Lipinski definition) is 3. The van der Waals surface area contributed by atoms with Gasteiger partial charge in [0.05, 0.1) is 13.5 Å². The van der Waals surface area contributed by atoms with Crippen LogP contribution in [0.1, 0.15) is 25.7 Å². The minimum Gasteiger partial charge on any atom is -0.469 e. The van der Waals surface area contributed by atoms with Crippen LogP contribution in [0.3, 0.4) is 0 Å². The van der Waals surface area contributed by atoms with E-state index in [0.717, 1.165) is 12.3 Å². The van der Waals surface area contributed by atoms with Crippen LogP contribution in [-0.2, 0) is 9.53 Å². The van der Waals surface area contributed by atoms with Crippen molar-refractivity contribution in [1.82, 2.24) is 0 Å². The second kappa shape index (κ2) is 2.46. The normalized spacial score (nSPS) is 43.8. The summed E-state index contributed by atoms with van der Waals surface area (Å²) in [7, 11) is 1.42. The molecule has 2 aliphatic rings. The third-order valence-corrected chi connectivity index (χ3v) is 3.34. The first-order valence-corrected chi connectivity index (χ1v) is 4.51. The fourth-order valence-electron chi connectivity index (χ4n) is 2.47. The number of rotatable bonds is 2. The number of ether oxygens (including phenoxy) is 1. The van der Waals surface area contributed by atoms with Gasteiger partial charge in [-0.25, -0.2) is 0 Å². The summed E-state index contributed by atoms with van der Waals surface area (Å²) in [4.78, 5) is 11.0. The van der Waals surface area contributed by atoms with Gasteiger partial charge in [-0.2, -0.15) is 0 Å². The number of esters is 1. The van der Waals surface area contributed by atoms with E-state index in [1.54, 1.807) is 0 Å². The maximum absolute atomic E-state index is 11.0. The average molecular weight is 169 g/mol. The van der Waals surface area contributed by atoms with Gasteiger partial charge in [-0.05, 0) is 31.1 Å². The Labute approximate surface area is 72.3 Å². The summed E-state index contributed by atoms with van der Waals surface area (Å²) in [5.41, 5.74) is 5.90. The van der Waals surface area contributed by atoms with Crippen molar-refractivity contribution in [2.45, 2.75) is 31.2 Å². The second-order valence-corrected chi connectivity index (χ2v) is 4.13. The molecule has 0 radical (unpaired) electrons. The van der Waals surface area contributed by atoms with E-state index in [0.29, 0.717) is 12.3 Å². The molecule has 0 heterocycles. The van der Waals surface area contributed by atoms with E-state index in [1.807, 2.05) is 0 Å². The first-order valence-electron chi connectivity index (χ1n) is 4.51. The Morgan fingerprint density at radius 1 is 1.75 bits per heavy atom. The van der Waals surface area contributed by atoms with Crippen LogP contribution in [-0.4, -0.2) is 18.6 Å². The molecule has 2 N–H and O–H groups in total. The smallest absolute Gasteiger partial charge is 0.307 e. The summed E-state index contributed by atoms with van der Waals surface area (Å²) < 4.78 is 4.63. The van der Waals surface area contributed by atoms with Crippen LogP contribution in [0.25, 0.3) is 0 Å². The van der Waals surface area contributed by atoms with Gasteiger partial charge in [0.25, 0.3) is 0 Å². The van der Waals surface area contributed by atoms with Gasteiger partial charge >= 0.3 is 5.97 Å². The molecule has 2 aliphatic carbocycles. The zero-order valence-electron chi connectivity index (χ0n) is 7.38. The van der Waals surface area contributed by atoms with Crippen molar-refractivity contribution in [3.05, 3.63) is 0 Å². The van der Waals surface area contributed by atoms with E-state index in [4.69, 9.17) is 5.73 Å². The minimum atomic E-state index is -0.224. The monoisotopic (exact) mass is 169 g/mol. The Morgan fingerprint density at radius 3 is 2.92 bits per heavy atom. The molecule has 0 aliphatic heterocycles. The zero-order valence-corrected chi connectivity index (χ0v) is 7.38. The molecule has 3 atom stereocenters. The predicted octanol–water partition coefficient (Wildman–Crippen LogP) is 0.677. The lowest BCUT2D eigenvalue weighted by molar-refractivity contribution is -0.142. The summed E-state index contributed by atoms with van der Waals surface area (Å²) in [6.45, 7) is 0. The zero-order chi connectivity index (χ0) is 8.77. The van der Waals surface area contributed by atoms with Crippen LogP contribution in [0, 0.1) is 11.8 Å². The third kappa shape index (κ3) is 1.12. The van der Waals surface area contributed by atoms with E-state index < -0.39 is 0 Å². The first-order chi connectivity index (χ1) is 5.65. The average Bonchev–Trinajstić information content (AvgIpc) is 2.75. The lowest BCUT2D eigenvalue weighted by Gasteiger charge is -2.24. The Morgan fingerprint density at radius 2 is 2.50 bits per heavy atom. The van der Waals surface area contributed by atoms with Gasteiger partial charge in [-0.1, -0.05) is 0 Å². The van der Waals surface area contributed by atoms with E-state index in [9.17, 15) is 4.79 Å². The van der Waals surface area contributed by atoms with E-state index in [2.05, 4.69) is 4.74 Å². The molecule has 2 saturated carbocycles. The van der Waals surface area contributed by atoms with Crippen molar-refractivity contribution in [2.75, 3.05) is 7.11 Å². The second-order valence-electron chi connectivity index (χ2n) is 4.13. The van der Waals surface area contributed by atoms with Crippen LogP contribution in [0.5, 0.6) is 0 Å². The highest BCUT2D eigenvalue weighted by Gasteiger charge is 2.56. The van der Waals surface area contributed by atoms with Crippen LogP contribution >= 0.6 is 0 Å². The summed E-state index contributed by atoms with van der Waals surface area (Å²) in [5.74, 6) is 1.27. The number of methoxy groups -OCH3 is 1. The molecule has 0 aromatic heterocycles. The molecule has 3 nitrogen and oxygen atoms in total.